The van der Waals surface area contributed by atoms with Gasteiger partial charge in [0, 0.05) is 19.9 Å². The summed E-state index contributed by atoms with van der Waals surface area (Å²) in [5.41, 5.74) is 2.04. The fourth-order valence-corrected chi connectivity index (χ4v) is 5.96. The zero-order chi connectivity index (χ0) is 27.2. The van der Waals surface area contributed by atoms with Gasteiger partial charge in [0.05, 0.1) is 32.3 Å². The van der Waals surface area contributed by atoms with Crippen LogP contribution in [0.1, 0.15) is 9.75 Å². The minimum Gasteiger partial charge on any atom is -0.308 e. The van der Waals surface area contributed by atoms with Crippen molar-refractivity contribution in [1.29, 1.82) is 31.6 Å². The van der Waals surface area contributed by atoms with E-state index in [0.717, 1.165) is 31.3 Å². The highest BCUT2D eigenvalue weighted by molar-refractivity contribution is 9.10. The highest BCUT2D eigenvalue weighted by Gasteiger charge is 2.20. The number of nitriles is 6. The average molecular weight is 588 g/mol. The van der Waals surface area contributed by atoms with E-state index < -0.39 is 0 Å². The number of halogens is 1. The predicted molar refractivity (Wildman–Crippen MR) is 148 cm³/mol. The largest absolute Gasteiger partial charge is 0.308 e. The molecule has 3 heterocycles. The third-order valence-electron chi connectivity index (χ3n) is 5.35. The molecular weight excluding hydrogens is 578 g/mol. The van der Waals surface area contributed by atoms with Crippen LogP contribution in [0, 0.1) is 68.0 Å². The molecular formula is C28H10BrN7S2. The molecule has 38 heavy (non-hydrogen) atoms. The van der Waals surface area contributed by atoms with Gasteiger partial charge < -0.3 is 4.57 Å². The van der Waals surface area contributed by atoms with E-state index in [-0.39, 0.29) is 22.3 Å². The van der Waals surface area contributed by atoms with Crippen LogP contribution in [0.25, 0.3) is 38.0 Å². The van der Waals surface area contributed by atoms with Gasteiger partial charge in [0.15, 0.2) is 0 Å². The summed E-state index contributed by atoms with van der Waals surface area (Å²) >= 11 is 6.04. The Morgan fingerprint density at radius 3 is 1.34 bits per heavy atom. The van der Waals surface area contributed by atoms with Crippen LogP contribution in [0.5, 0.6) is 0 Å². The Kier molecular flexibility index (Phi) is 7.66. The lowest BCUT2D eigenvalue weighted by atomic mass is 10.1. The molecule has 0 aliphatic carbocycles. The molecule has 0 aliphatic rings. The second-order valence-corrected chi connectivity index (χ2v) is 10.5. The number of hydrogen-bond donors (Lipinski definition) is 0. The van der Waals surface area contributed by atoms with Gasteiger partial charge in [-0.05, 0) is 60.7 Å². The first-order valence-electron chi connectivity index (χ1n) is 10.6. The van der Waals surface area contributed by atoms with Crippen molar-refractivity contribution in [3.63, 3.8) is 0 Å². The van der Waals surface area contributed by atoms with Crippen molar-refractivity contribution in [3.8, 4) is 63.2 Å². The minimum absolute atomic E-state index is 0.0257. The topological polar surface area (TPSA) is 148 Å². The van der Waals surface area contributed by atoms with Crippen LogP contribution < -0.4 is 0 Å². The summed E-state index contributed by atoms with van der Waals surface area (Å²) < 4.78 is 2.93. The van der Waals surface area contributed by atoms with Gasteiger partial charge in [0.1, 0.15) is 47.6 Å². The van der Waals surface area contributed by atoms with Crippen LogP contribution in [0.2, 0.25) is 0 Å². The maximum atomic E-state index is 9.57. The number of nitrogens with zero attached hydrogens (tertiary/aromatic N) is 7. The molecule has 4 rings (SSSR count). The fraction of sp³-hybridized carbons (Fsp3) is 0. The smallest absolute Gasteiger partial charge is 0.148 e. The Bertz CT molecular complexity index is 1740. The second kappa shape index (κ2) is 11.2. The lowest BCUT2D eigenvalue weighted by Gasteiger charge is -2.12. The molecule has 10 heteroatoms. The van der Waals surface area contributed by atoms with E-state index in [0.29, 0.717) is 9.75 Å². The Morgan fingerprint density at radius 2 is 0.974 bits per heavy atom. The Hall–Kier alpha value is -5.20. The van der Waals surface area contributed by atoms with Crippen molar-refractivity contribution in [2.45, 2.75) is 0 Å². The highest BCUT2D eigenvalue weighted by Crippen LogP contribution is 2.40. The summed E-state index contributed by atoms with van der Waals surface area (Å²) in [6.45, 7) is 0. The molecule has 0 bridgehead atoms. The normalized spacial score (nSPS) is 9.55. The molecule has 7 nitrogen and oxygen atoms in total. The first kappa shape index (κ1) is 25.9. The summed E-state index contributed by atoms with van der Waals surface area (Å²) in [4.78, 5) is 2.63. The maximum Gasteiger partial charge on any atom is 0.148 e. The number of hydrogen-bond acceptors (Lipinski definition) is 8. The van der Waals surface area contributed by atoms with E-state index in [1.807, 2.05) is 65.2 Å². The van der Waals surface area contributed by atoms with Crippen molar-refractivity contribution < 1.29 is 0 Å². The molecule has 0 aliphatic heterocycles. The van der Waals surface area contributed by atoms with Crippen LogP contribution in [0.3, 0.4) is 0 Å². The van der Waals surface area contributed by atoms with E-state index in [1.54, 1.807) is 36.4 Å². The molecule has 0 unspecified atom stereocenters. The van der Waals surface area contributed by atoms with Gasteiger partial charge in [0.2, 0.25) is 0 Å². The quantitative estimate of drug-likeness (QED) is 0.223. The SMILES string of the molecule is N#CC(C#N)=C(C#N)c1ccc(-c2ccc(-c3ccc(C(C#N)=C(C#N)C#N)s3)n2-c2ccc(Br)cc2)s1. The first-order chi connectivity index (χ1) is 18.5. The molecule has 0 saturated carbocycles. The van der Waals surface area contributed by atoms with E-state index in [4.69, 9.17) is 0 Å². The van der Waals surface area contributed by atoms with Crippen molar-refractivity contribution in [1.82, 2.24) is 4.57 Å². The van der Waals surface area contributed by atoms with Crippen LogP contribution in [0.15, 0.2) is 76.3 Å². The van der Waals surface area contributed by atoms with Crippen LogP contribution in [-0.4, -0.2) is 4.57 Å². The highest BCUT2D eigenvalue weighted by atomic mass is 79.9. The van der Waals surface area contributed by atoms with Crippen molar-refractivity contribution in [2.24, 2.45) is 0 Å². The van der Waals surface area contributed by atoms with Gasteiger partial charge in [-0.2, -0.15) is 31.6 Å². The van der Waals surface area contributed by atoms with E-state index >= 15 is 0 Å². The van der Waals surface area contributed by atoms with E-state index in [9.17, 15) is 31.6 Å². The molecule has 4 aromatic rings. The molecule has 0 amide bonds. The fourth-order valence-electron chi connectivity index (χ4n) is 3.65. The second-order valence-electron chi connectivity index (χ2n) is 7.41. The van der Waals surface area contributed by atoms with Crippen LogP contribution in [0.4, 0.5) is 0 Å². The standard InChI is InChI=1S/C28H10BrN7S2/c29-19-1-3-20(4-2-19)36-23(27-9-7-25(37-27)21(15-34)17(11-30)12-31)5-6-24(36)28-10-8-26(38-28)22(16-35)18(13-32)14-33/h1-10H. The monoisotopic (exact) mass is 587 g/mol. The van der Waals surface area contributed by atoms with Gasteiger partial charge >= 0.3 is 0 Å². The van der Waals surface area contributed by atoms with Crippen LogP contribution in [-0.2, 0) is 0 Å². The number of aromatic nitrogens is 1. The van der Waals surface area contributed by atoms with Gasteiger partial charge in [-0.25, -0.2) is 0 Å². The molecule has 0 radical (unpaired) electrons. The van der Waals surface area contributed by atoms with Gasteiger partial charge in [-0.3, -0.25) is 0 Å². The van der Waals surface area contributed by atoms with Crippen molar-refractivity contribution in [2.75, 3.05) is 0 Å². The number of thiophene rings is 2. The Morgan fingerprint density at radius 1 is 0.553 bits per heavy atom. The van der Waals surface area contributed by atoms with Gasteiger partial charge in [-0.15, -0.1) is 22.7 Å². The third-order valence-corrected chi connectivity index (χ3v) is 8.13. The van der Waals surface area contributed by atoms with E-state index in [1.165, 1.54) is 22.7 Å². The zero-order valence-corrected chi connectivity index (χ0v) is 22.3. The summed E-state index contributed by atoms with van der Waals surface area (Å²) in [7, 11) is 0. The average Bonchev–Trinajstić information content (AvgIpc) is 3.70. The summed E-state index contributed by atoms with van der Waals surface area (Å²) in [5, 5.41) is 56.1. The minimum atomic E-state index is -0.244. The first-order valence-corrected chi connectivity index (χ1v) is 13.0. The van der Waals surface area contributed by atoms with Gasteiger partial charge in [-0.1, -0.05) is 15.9 Å². The molecule has 176 valence electrons. The molecule has 0 atom stereocenters. The Balaban J connectivity index is 1.91. The summed E-state index contributed by atoms with van der Waals surface area (Å²) in [6, 6.07) is 29.7. The molecule has 0 spiro atoms. The molecule has 1 aromatic carbocycles. The predicted octanol–water partition coefficient (Wildman–Crippen LogP) is 7.35. The number of rotatable bonds is 5. The zero-order valence-electron chi connectivity index (χ0n) is 19.1. The van der Waals surface area contributed by atoms with Crippen molar-refractivity contribution >= 4 is 49.7 Å². The molecule has 0 saturated heterocycles. The third kappa shape index (κ3) is 4.76. The summed E-state index contributed by atoms with van der Waals surface area (Å²) in [5.74, 6) is 0. The molecule has 0 N–H and O–H groups in total. The molecule has 3 aromatic heterocycles. The van der Waals surface area contributed by atoms with E-state index in [2.05, 4.69) is 15.9 Å². The lowest BCUT2D eigenvalue weighted by molar-refractivity contribution is 1.10. The lowest BCUT2D eigenvalue weighted by Crippen LogP contribution is -1.97. The van der Waals surface area contributed by atoms with Crippen LogP contribution >= 0.6 is 38.6 Å². The van der Waals surface area contributed by atoms with Crippen molar-refractivity contribution in [3.05, 3.63) is 86.0 Å². The number of allylic oxidation sites excluding steroid dienone is 4. The summed E-state index contributed by atoms with van der Waals surface area (Å²) in [6.07, 6.45) is 0. The van der Waals surface area contributed by atoms with Gasteiger partial charge in [0.25, 0.3) is 0 Å². The number of benzene rings is 1. The maximum absolute atomic E-state index is 9.57. The molecule has 0 fully saturated rings. The Labute approximate surface area is 234 Å².